The van der Waals surface area contributed by atoms with Crippen molar-refractivity contribution >= 4 is 11.4 Å². The summed E-state index contributed by atoms with van der Waals surface area (Å²) in [4.78, 5) is 1.94. The number of para-hydroxylation sites is 1. The number of aryl methyl sites for hydroxylation is 1. The lowest BCUT2D eigenvalue weighted by molar-refractivity contribution is -0.0220. The van der Waals surface area contributed by atoms with Crippen LogP contribution in [0.5, 0.6) is 0 Å². The van der Waals surface area contributed by atoms with E-state index in [1.165, 1.54) is 0 Å². The highest BCUT2D eigenvalue weighted by Gasteiger charge is 2.34. The van der Waals surface area contributed by atoms with Gasteiger partial charge >= 0.3 is 0 Å². The van der Waals surface area contributed by atoms with Crippen LogP contribution in [0.1, 0.15) is 18.4 Å². The zero-order valence-electron chi connectivity index (χ0n) is 9.34. The fourth-order valence-electron chi connectivity index (χ4n) is 2.02. The molecule has 1 fully saturated rings. The number of hydrogen-bond acceptors (Lipinski definition) is 2. The molecule has 2 rings (SSSR count). The van der Waals surface area contributed by atoms with E-state index in [1.807, 2.05) is 30.0 Å². The standard InChI is InChI=1S/C12H16F2N2/c1-9-3-2-4-10(11(9)15)16-7-5-12(13,14)6-8-16/h2-4H,5-8,15H2,1H3. The van der Waals surface area contributed by atoms with Crippen molar-refractivity contribution in [1.29, 1.82) is 0 Å². The van der Waals surface area contributed by atoms with Gasteiger partial charge in [0.05, 0.1) is 11.4 Å². The quantitative estimate of drug-likeness (QED) is 0.746. The summed E-state index contributed by atoms with van der Waals surface area (Å²) in [6.45, 7) is 2.68. The van der Waals surface area contributed by atoms with Gasteiger partial charge in [-0.3, -0.25) is 0 Å². The normalized spacial score (nSPS) is 19.8. The molecule has 1 aliphatic rings. The molecule has 0 amide bonds. The van der Waals surface area contributed by atoms with Crippen molar-refractivity contribution in [3.63, 3.8) is 0 Å². The van der Waals surface area contributed by atoms with Crippen LogP contribution in [-0.2, 0) is 0 Å². The molecule has 0 aromatic heterocycles. The summed E-state index contributed by atoms with van der Waals surface area (Å²) in [6.07, 6.45) is -0.166. The van der Waals surface area contributed by atoms with Gasteiger partial charge < -0.3 is 10.6 Å². The van der Waals surface area contributed by atoms with Crippen LogP contribution in [0.2, 0.25) is 0 Å². The Kier molecular flexibility index (Phi) is 2.74. The second kappa shape index (κ2) is 3.92. The third-order valence-electron chi connectivity index (χ3n) is 3.14. The molecule has 0 saturated carbocycles. The predicted molar refractivity (Wildman–Crippen MR) is 62.0 cm³/mol. The molecule has 0 radical (unpaired) electrons. The third kappa shape index (κ3) is 2.10. The van der Waals surface area contributed by atoms with Gasteiger partial charge in [-0.05, 0) is 18.6 Å². The average Bonchev–Trinajstić information content (AvgIpc) is 2.23. The van der Waals surface area contributed by atoms with Crippen LogP contribution in [0.3, 0.4) is 0 Å². The molecular formula is C12H16F2N2. The molecule has 0 spiro atoms. The van der Waals surface area contributed by atoms with Gasteiger partial charge in [-0.25, -0.2) is 8.78 Å². The molecule has 1 aromatic carbocycles. The Hall–Kier alpha value is -1.32. The average molecular weight is 226 g/mol. The number of nitrogens with zero attached hydrogens (tertiary/aromatic N) is 1. The maximum absolute atomic E-state index is 13.0. The zero-order chi connectivity index (χ0) is 11.8. The molecule has 1 aromatic rings. The number of alkyl halides is 2. The van der Waals surface area contributed by atoms with Crippen LogP contribution in [-0.4, -0.2) is 19.0 Å². The van der Waals surface area contributed by atoms with Crippen molar-refractivity contribution in [2.75, 3.05) is 23.7 Å². The van der Waals surface area contributed by atoms with Crippen LogP contribution in [0, 0.1) is 6.92 Å². The third-order valence-corrected chi connectivity index (χ3v) is 3.14. The molecule has 2 N–H and O–H groups in total. The van der Waals surface area contributed by atoms with Crippen LogP contribution in [0.15, 0.2) is 18.2 Å². The molecule has 1 heterocycles. The number of hydrogen-bond donors (Lipinski definition) is 1. The summed E-state index contributed by atoms with van der Waals surface area (Å²) in [5, 5.41) is 0. The monoisotopic (exact) mass is 226 g/mol. The Bertz CT molecular complexity index is 381. The summed E-state index contributed by atoms with van der Waals surface area (Å²) >= 11 is 0. The smallest absolute Gasteiger partial charge is 0.251 e. The van der Waals surface area contributed by atoms with Gasteiger partial charge in [-0.1, -0.05) is 12.1 Å². The SMILES string of the molecule is Cc1cccc(N2CCC(F)(F)CC2)c1N. The summed E-state index contributed by atoms with van der Waals surface area (Å²) in [6, 6.07) is 5.73. The van der Waals surface area contributed by atoms with Gasteiger partial charge in [0.15, 0.2) is 0 Å². The first kappa shape index (κ1) is 11.2. The van der Waals surface area contributed by atoms with Crippen LogP contribution in [0.25, 0.3) is 0 Å². The molecule has 2 nitrogen and oxygen atoms in total. The van der Waals surface area contributed by atoms with Gasteiger partial charge in [0, 0.05) is 25.9 Å². The number of piperidine rings is 1. The minimum Gasteiger partial charge on any atom is -0.397 e. The van der Waals surface area contributed by atoms with Crippen molar-refractivity contribution < 1.29 is 8.78 Å². The molecule has 16 heavy (non-hydrogen) atoms. The van der Waals surface area contributed by atoms with E-state index in [1.54, 1.807) is 0 Å². The highest BCUT2D eigenvalue weighted by Crippen LogP contribution is 2.33. The Morgan fingerprint density at radius 1 is 1.25 bits per heavy atom. The first-order chi connectivity index (χ1) is 7.49. The second-order valence-electron chi connectivity index (χ2n) is 4.35. The van der Waals surface area contributed by atoms with Gasteiger partial charge in [-0.2, -0.15) is 0 Å². The Balaban J connectivity index is 2.17. The van der Waals surface area contributed by atoms with Gasteiger partial charge in [0.1, 0.15) is 0 Å². The summed E-state index contributed by atoms with van der Waals surface area (Å²) in [5.74, 6) is -2.50. The van der Waals surface area contributed by atoms with Gasteiger partial charge in [0.2, 0.25) is 0 Å². The number of nitrogen functional groups attached to an aromatic ring is 1. The molecule has 4 heteroatoms. The second-order valence-corrected chi connectivity index (χ2v) is 4.35. The fourth-order valence-corrected chi connectivity index (χ4v) is 2.02. The highest BCUT2D eigenvalue weighted by atomic mass is 19.3. The maximum Gasteiger partial charge on any atom is 0.251 e. The molecule has 0 bridgehead atoms. The number of benzene rings is 1. The first-order valence-electron chi connectivity index (χ1n) is 5.47. The van der Waals surface area contributed by atoms with E-state index in [-0.39, 0.29) is 12.8 Å². The molecule has 0 unspecified atom stereocenters. The van der Waals surface area contributed by atoms with Crippen LogP contribution < -0.4 is 10.6 Å². The van der Waals surface area contributed by atoms with Crippen molar-refractivity contribution in [3.8, 4) is 0 Å². The lowest BCUT2D eigenvalue weighted by atomic mass is 10.0. The Labute approximate surface area is 94.0 Å². The molecule has 1 aliphatic heterocycles. The fraction of sp³-hybridized carbons (Fsp3) is 0.500. The van der Waals surface area contributed by atoms with E-state index in [4.69, 9.17) is 5.73 Å². The number of rotatable bonds is 1. The minimum absolute atomic E-state index is 0.0830. The molecule has 0 aliphatic carbocycles. The highest BCUT2D eigenvalue weighted by molar-refractivity contribution is 5.71. The van der Waals surface area contributed by atoms with E-state index in [0.717, 1.165) is 11.3 Å². The van der Waals surface area contributed by atoms with Crippen molar-refractivity contribution in [3.05, 3.63) is 23.8 Å². The Morgan fingerprint density at radius 3 is 2.50 bits per heavy atom. The van der Waals surface area contributed by atoms with E-state index < -0.39 is 5.92 Å². The number of anilines is 2. The molecule has 0 atom stereocenters. The van der Waals surface area contributed by atoms with E-state index in [9.17, 15) is 8.78 Å². The van der Waals surface area contributed by atoms with E-state index in [2.05, 4.69) is 0 Å². The van der Waals surface area contributed by atoms with Gasteiger partial charge in [-0.15, -0.1) is 0 Å². The topological polar surface area (TPSA) is 29.3 Å². The van der Waals surface area contributed by atoms with Crippen LogP contribution in [0.4, 0.5) is 20.2 Å². The number of nitrogens with two attached hydrogens (primary N) is 1. The van der Waals surface area contributed by atoms with Crippen molar-refractivity contribution in [1.82, 2.24) is 0 Å². The minimum atomic E-state index is -2.50. The summed E-state index contributed by atoms with van der Waals surface area (Å²) in [5.41, 5.74) is 8.53. The Morgan fingerprint density at radius 2 is 1.88 bits per heavy atom. The predicted octanol–water partition coefficient (Wildman–Crippen LogP) is 2.81. The number of halogens is 2. The lowest BCUT2D eigenvalue weighted by Gasteiger charge is -2.34. The van der Waals surface area contributed by atoms with Crippen molar-refractivity contribution in [2.45, 2.75) is 25.7 Å². The molecule has 88 valence electrons. The van der Waals surface area contributed by atoms with E-state index in [0.29, 0.717) is 18.8 Å². The summed E-state index contributed by atoms with van der Waals surface area (Å²) in [7, 11) is 0. The molecule has 1 saturated heterocycles. The maximum atomic E-state index is 13.0. The first-order valence-corrected chi connectivity index (χ1v) is 5.47. The van der Waals surface area contributed by atoms with Crippen molar-refractivity contribution in [2.24, 2.45) is 0 Å². The summed E-state index contributed by atoms with van der Waals surface area (Å²) < 4.78 is 26.0. The van der Waals surface area contributed by atoms with Crippen LogP contribution >= 0.6 is 0 Å². The van der Waals surface area contributed by atoms with Gasteiger partial charge in [0.25, 0.3) is 5.92 Å². The van der Waals surface area contributed by atoms with E-state index >= 15 is 0 Å². The zero-order valence-corrected chi connectivity index (χ0v) is 9.34. The largest absolute Gasteiger partial charge is 0.397 e. The lowest BCUT2D eigenvalue weighted by Crippen LogP contribution is -2.39. The molecular weight excluding hydrogens is 210 g/mol.